The molecule has 1 N–H and O–H groups in total. The normalized spacial score (nSPS) is 10.0. The molecule has 0 bridgehead atoms. The average Bonchev–Trinajstić information content (AvgIpc) is 3.01. The van der Waals surface area contributed by atoms with Crippen LogP contribution in [0.5, 0.6) is 0 Å². The second-order valence-electron chi connectivity index (χ2n) is 5.36. The second-order valence-corrected chi connectivity index (χ2v) is 6.79. The van der Waals surface area contributed by atoms with Crippen LogP contribution in [0.2, 0.25) is 5.02 Å². The van der Waals surface area contributed by atoms with Crippen LogP contribution < -0.4 is 5.32 Å². The van der Waals surface area contributed by atoms with Crippen LogP contribution >= 0.6 is 22.9 Å². The first-order valence-electron chi connectivity index (χ1n) is 7.69. The third kappa shape index (κ3) is 4.69. The highest BCUT2D eigenvalue weighted by Gasteiger charge is 2.14. The Kier molecular flexibility index (Phi) is 5.49. The number of benzene rings is 2. The molecule has 0 spiro atoms. The molecule has 0 fully saturated rings. The topological polar surface area (TPSA) is 42.0 Å². The summed E-state index contributed by atoms with van der Waals surface area (Å²) in [6, 6.07) is 17.1. The lowest BCUT2D eigenvalue weighted by Crippen LogP contribution is -2.22. The molecule has 124 valence electrons. The Morgan fingerprint density at radius 3 is 2.56 bits per heavy atom. The lowest BCUT2D eigenvalue weighted by Gasteiger charge is -2.04. The molecular weight excluding hydrogens is 352 g/mol. The van der Waals surface area contributed by atoms with E-state index in [9.17, 15) is 4.79 Å². The van der Waals surface area contributed by atoms with Crippen LogP contribution in [0.15, 0.2) is 54.6 Å². The van der Waals surface area contributed by atoms with Crippen LogP contribution in [-0.4, -0.2) is 10.9 Å². The number of rotatable bonds is 3. The highest BCUT2D eigenvalue weighted by molar-refractivity contribution is 7.14. The molecule has 1 aromatic heterocycles. The number of aryl methyl sites for hydroxylation is 1. The van der Waals surface area contributed by atoms with E-state index in [1.807, 2.05) is 49.4 Å². The van der Waals surface area contributed by atoms with E-state index in [1.165, 1.54) is 11.3 Å². The van der Waals surface area contributed by atoms with Gasteiger partial charge < -0.3 is 5.32 Å². The van der Waals surface area contributed by atoms with E-state index in [2.05, 4.69) is 22.1 Å². The minimum Gasteiger partial charge on any atom is -0.347 e. The highest BCUT2D eigenvalue weighted by Crippen LogP contribution is 2.18. The molecule has 0 atom stereocenters. The van der Waals surface area contributed by atoms with Crippen molar-refractivity contribution in [3.8, 4) is 11.8 Å². The molecule has 0 saturated carbocycles. The molecule has 1 heterocycles. The minimum atomic E-state index is -0.141. The number of halogens is 1. The number of carbonyl (C=O) groups excluding carboxylic acids is 1. The quantitative estimate of drug-likeness (QED) is 0.696. The molecule has 3 aromatic rings. The zero-order valence-electron chi connectivity index (χ0n) is 13.5. The number of nitrogens with zero attached hydrogens (tertiary/aromatic N) is 1. The molecule has 0 radical (unpaired) electrons. The van der Waals surface area contributed by atoms with Crippen molar-refractivity contribution < 1.29 is 4.79 Å². The number of hydrogen-bond acceptors (Lipinski definition) is 3. The molecule has 0 aliphatic rings. The van der Waals surface area contributed by atoms with E-state index in [-0.39, 0.29) is 5.91 Å². The largest absolute Gasteiger partial charge is 0.347 e. The van der Waals surface area contributed by atoms with Gasteiger partial charge in [-0.3, -0.25) is 4.79 Å². The van der Waals surface area contributed by atoms with Crippen molar-refractivity contribution >= 4 is 28.8 Å². The Hall–Kier alpha value is -2.61. The summed E-state index contributed by atoms with van der Waals surface area (Å²) in [6.45, 7) is 2.26. The lowest BCUT2D eigenvalue weighted by molar-refractivity contribution is 0.0954. The molecule has 25 heavy (non-hydrogen) atoms. The van der Waals surface area contributed by atoms with Gasteiger partial charge in [0.2, 0.25) is 0 Å². The van der Waals surface area contributed by atoms with Crippen molar-refractivity contribution in [2.45, 2.75) is 13.5 Å². The van der Waals surface area contributed by atoms with Crippen LogP contribution in [0.3, 0.4) is 0 Å². The summed E-state index contributed by atoms with van der Waals surface area (Å²) in [7, 11) is 0. The maximum absolute atomic E-state index is 12.4. The fraction of sp³-hybridized carbons (Fsp3) is 0.100. The maximum atomic E-state index is 12.4. The van der Waals surface area contributed by atoms with Crippen molar-refractivity contribution in [3.05, 3.63) is 86.3 Å². The first-order valence-corrected chi connectivity index (χ1v) is 8.88. The van der Waals surface area contributed by atoms with E-state index in [4.69, 9.17) is 11.6 Å². The van der Waals surface area contributed by atoms with Gasteiger partial charge in [0.05, 0.1) is 5.69 Å². The summed E-state index contributed by atoms with van der Waals surface area (Å²) in [5.74, 6) is 5.94. The van der Waals surface area contributed by atoms with Gasteiger partial charge in [-0.1, -0.05) is 47.9 Å². The number of thiazole rings is 1. The first kappa shape index (κ1) is 17.2. The molecule has 0 saturated heterocycles. The molecule has 3 nitrogen and oxygen atoms in total. The van der Waals surface area contributed by atoms with E-state index in [1.54, 1.807) is 12.1 Å². The van der Waals surface area contributed by atoms with Crippen molar-refractivity contribution in [3.63, 3.8) is 0 Å². The summed E-state index contributed by atoms with van der Waals surface area (Å²) in [5, 5.41) is 4.22. The zero-order valence-corrected chi connectivity index (χ0v) is 15.1. The monoisotopic (exact) mass is 366 g/mol. The molecule has 2 aromatic carbocycles. The lowest BCUT2D eigenvalue weighted by atomic mass is 10.2. The van der Waals surface area contributed by atoms with Gasteiger partial charge in [-0.2, -0.15) is 0 Å². The fourth-order valence-corrected chi connectivity index (χ4v) is 3.13. The van der Waals surface area contributed by atoms with E-state index in [0.717, 1.165) is 11.1 Å². The molecule has 3 rings (SSSR count). The Labute approximate surface area is 155 Å². The maximum Gasteiger partial charge on any atom is 0.263 e. The Bertz CT molecular complexity index is 937. The van der Waals surface area contributed by atoms with Crippen LogP contribution in [0.1, 0.15) is 31.5 Å². The number of aromatic nitrogens is 1. The highest BCUT2D eigenvalue weighted by atomic mass is 35.5. The summed E-state index contributed by atoms with van der Waals surface area (Å²) < 4.78 is 0. The molecule has 0 unspecified atom stereocenters. The minimum absolute atomic E-state index is 0.141. The van der Waals surface area contributed by atoms with Gasteiger partial charge in [-0.05, 0) is 42.7 Å². The number of amides is 1. The van der Waals surface area contributed by atoms with Gasteiger partial charge in [-0.25, -0.2) is 4.98 Å². The predicted molar refractivity (Wildman–Crippen MR) is 102 cm³/mol. The second kappa shape index (κ2) is 7.98. The summed E-state index contributed by atoms with van der Waals surface area (Å²) >= 11 is 7.17. The van der Waals surface area contributed by atoms with E-state index in [0.29, 0.717) is 27.1 Å². The SMILES string of the molecule is Cc1nc(C#Cc2ccccc2)sc1C(=O)NCc1ccc(Cl)cc1. The van der Waals surface area contributed by atoms with Crippen molar-refractivity contribution in [1.29, 1.82) is 0 Å². The zero-order chi connectivity index (χ0) is 17.6. The average molecular weight is 367 g/mol. The van der Waals surface area contributed by atoms with Crippen LogP contribution in [0.25, 0.3) is 0 Å². The molecule has 0 aliphatic carbocycles. The summed E-state index contributed by atoms with van der Waals surface area (Å²) in [5.41, 5.74) is 2.60. The number of nitrogens with one attached hydrogen (secondary N) is 1. The smallest absolute Gasteiger partial charge is 0.263 e. The van der Waals surface area contributed by atoms with E-state index >= 15 is 0 Å². The van der Waals surface area contributed by atoms with Gasteiger partial charge in [0.1, 0.15) is 4.88 Å². The van der Waals surface area contributed by atoms with Gasteiger partial charge in [0.15, 0.2) is 5.01 Å². The third-order valence-corrected chi connectivity index (χ3v) is 4.78. The standard InChI is InChI=1S/C20H15ClN2OS/c1-14-19(20(24)22-13-16-7-10-17(21)11-8-16)25-18(23-14)12-9-15-5-3-2-4-6-15/h2-8,10-11H,13H2,1H3,(H,22,24). The van der Waals surface area contributed by atoms with Crippen LogP contribution in [0.4, 0.5) is 0 Å². The molecule has 5 heteroatoms. The van der Waals surface area contributed by atoms with Crippen molar-refractivity contribution in [2.24, 2.45) is 0 Å². The van der Waals surface area contributed by atoms with Gasteiger partial charge in [0, 0.05) is 17.1 Å². The Morgan fingerprint density at radius 2 is 1.84 bits per heavy atom. The third-order valence-electron chi connectivity index (χ3n) is 3.46. The van der Waals surface area contributed by atoms with Crippen molar-refractivity contribution in [2.75, 3.05) is 0 Å². The van der Waals surface area contributed by atoms with Gasteiger partial charge in [0.25, 0.3) is 5.91 Å². The summed E-state index contributed by atoms with van der Waals surface area (Å²) in [4.78, 5) is 17.3. The van der Waals surface area contributed by atoms with E-state index < -0.39 is 0 Å². The number of carbonyl (C=O) groups is 1. The Balaban J connectivity index is 1.68. The fourth-order valence-electron chi connectivity index (χ4n) is 2.17. The molecule has 0 aliphatic heterocycles. The van der Waals surface area contributed by atoms with Crippen LogP contribution in [-0.2, 0) is 6.54 Å². The van der Waals surface area contributed by atoms with Gasteiger partial charge >= 0.3 is 0 Å². The first-order chi connectivity index (χ1) is 12.1. The Morgan fingerprint density at radius 1 is 1.12 bits per heavy atom. The predicted octanol–water partition coefficient (Wildman–Crippen LogP) is 4.43. The van der Waals surface area contributed by atoms with Crippen molar-refractivity contribution in [1.82, 2.24) is 10.3 Å². The molecular formula is C20H15ClN2OS. The number of hydrogen-bond donors (Lipinski definition) is 1. The molecule has 1 amide bonds. The summed E-state index contributed by atoms with van der Waals surface area (Å²) in [6.07, 6.45) is 0. The van der Waals surface area contributed by atoms with Crippen LogP contribution in [0, 0.1) is 18.8 Å². The van der Waals surface area contributed by atoms with Gasteiger partial charge in [-0.15, -0.1) is 11.3 Å².